The molecule has 0 aromatic heterocycles. The summed E-state index contributed by atoms with van der Waals surface area (Å²) in [6.45, 7) is 4.30. The van der Waals surface area contributed by atoms with Gasteiger partial charge in [0.05, 0.1) is 19.8 Å². The Morgan fingerprint density at radius 1 is 0.362 bits per heavy atom. The van der Waals surface area contributed by atoms with Crippen LogP contribution in [0.4, 0.5) is 0 Å². The standard InChI is InChI=1S/C68H111O11P/c1-4-7-10-13-16-19-22-25-28-31-32-35-38-41-44-47-50-53-56-59-68(72)79-65(61-75-66(70)57-54-51-48-45-42-39-36-33-29-26-23-20-17-14-11-8-5-2)63-77-80(73,74)76-62-64(60-69)78-67(71)58-55-52-49-46-43-40-37-34-30-27-24-21-18-15-12-9-6-3/h7,9-10,12,16-21,25-30,32,35,37,40,46,49,64-65,69H,4-6,8,11,13-15,22-24,31,33-34,36,38-39,41-45,47-48,50-63H2,1-3H3,(H,73,74)/b10-7-,12-9-,19-16-,20-17-,21-18-,28-25-,29-26-,30-27-,35-32-,40-37-,49-46-. The van der Waals surface area contributed by atoms with Crippen LogP contribution in [0.5, 0.6) is 0 Å². The lowest BCUT2D eigenvalue weighted by Gasteiger charge is -2.21. The number of carbonyl (C=O) groups excluding carboxylic acids is 3. The Balaban J connectivity index is 4.83. The normalized spacial score (nSPS) is 14.2. The molecular weight excluding hydrogens is 1020 g/mol. The third-order valence-electron chi connectivity index (χ3n) is 12.5. The average molecular weight is 1140 g/mol. The van der Waals surface area contributed by atoms with E-state index in [0.29, 0.717) is 25.7 Å². The lowest BCUT2D eigenvalue weighted by atomic mass is 10.1. The van der Waals surface area contributed by atoms with Gasteiger partial charge in [0.1, 0.15) is 12.7 Å². The molecule has 0 radical (unpaired) electrons. The number of hydrogen-bond donors (Lipinski definition) is 2. The number of phosphoric ester groups is 1. The highest BCUT2D eigenvalue weighted by Crippen LogP contribution is 2.43. The highest BCUT2D eigenvalue weighted by molar-refractivity contribution is 7.47. The number of unbranched alkanes of at least 4 members (excludes halogenated alkanes) is 17. The molecule has 12 heteroatoms. The maximum absolute atomic E-state index is 13.0. The molecule has 0 rings (SSSR count). The zero-order chi connectivity index (χ0) is 58.3. The minimum Gasteiger partial charge on any atom is -0.462 e. The molecule has 0 aliphatic heterocycles. The minimum atomic E-state index is -4.78. The van der Waals surface area contributed by atoms with Crippen molar-refractivity contribution >= 4 is 25.7 Å². The van der Waals surface area contributed by atoms with Crippen LogP contribution in [-0.2, 0) is 42.2 Å². The number of aliphatic hydroxyl groups is 1. The monoisotopic (exact) mass is 1130 g/mol. The van der Waals surface area contributed by atoms with Crippen LogP contribution in [0, 0.1) is 0 Å². The number of phosphoric acid groups is 1. The van der Waals surface area contributed by atoms with Crippen molar-refractivity contribution in [1.29, 1.82) is 0 Å². The van der Waals surface area contributed by atoms with E-state index in [1.807, 2.05) is 12.2 Å². The van der Waals surface area contributed by atoms with E-state index in [4.69, 9.17) is 23.3 Å². The largest absolute Gasteiger partial charge is 0.472 e. The zero-order valence-corrected chi connectivity index (χ0v) is 51.1. The molecule has 0 saturated heterocycles. The molecule has 454 valence electrons. The van der Waals surface area contributed by atoms with E-state index in [-0.39, 0.29) is 25.9 Å². The van der Waals surface area contributed by atoms with Crippen LogP contribution in [0.3, 0.4) is 0 Å². The first-order chi connectivity index (χ1) is 39.2. The number of hydrogen-bond acceptors (Lipinski definition) is 10. The van der Waals surface area contributed by atoms with Gasteiger partial charge in [-0.3, -0.25) is 23.4 Å². The summed E-state index contributed by atoms with van der Waals surface area (Å²) in [5, 5.41) is 9.84. The predicted molar refractivity (Wildman–Crippen MR) is 334 cm³/mol. The highest BCUT2D eigenvalue weighted by atomic mass is 31.2. The minimum absolute atomic E-state index is 0.0906. The van der Waals surface area contributed by atoms with Crippen LogP contribution in [0.15, 0.2) is 134 Å². The number of ether oxygens (including phenoxy) is 3. The zero-order valence-electron chi connectivity index (χ0n) is 50.2. The topological polar surface area (TPSA) is 155 Å². The summed E-state index contributed by atoms with van der Waals surface area (Å²) in [7, 11) is -4.78. The van der Waals surface area contributed by atoms with Crippen LogP contribution in [0.25, 0.3) is 0 Å². The molecule has 0 amide bonds. The second kappa shape index (κ2) is 60.7. The summed E-state index contributed by atoms with van der Waals surface area (Å²) in [5.74, 6) is -1.56. The quantitative estimate of drug-likeness (QED) is 0.0197. The van der Waals surface area contributed by atoms with Crippen molar-refractivity contribution in [2.75, 3.05) is 26.4 Å². The summed E-state index contributed by atoms with van der Waals surface area (Å²) in [6, 6.07) is 0. The summed E-state index contributed by atoms with van der Waals surface area (Å²) in [4.78, 5) is 48.7. The summed E-state index contributed by atoms with van der Waals surface area (Å²) in [5.41, 5.74) is 0. The second-order valence-electron chi connectivity index (χ2n) is 20.1. The van der Waals surface area contributed by atoms with Gasteiger partial charge >= 0.3 is 25.7 Å². The number of allylic oxidation sites excluding steroid dienone is 22. The SMILES string of the molecule is CC/C=C\C/C=C\C/C=C\C/C=C\C/C=C\CCCC(=O)OC(CO)COP(=O)(O)OCC(COC(=O)CCCCCCCCC/C=C\C/C=C\CCCCC)OC(=O)CCCCCCCC/C=C\C/C=C\C/C=C\C/C=C\CC. The number of esters is 3. The Hall–Kier alpha value is -4.38. The lowest BCUT2D eigenvalue weighted by Crippen LogP contribution is -2.30. The average Bonchev–Trinajstić information content (AvgIpc) is 3.45. The summed E-state index contributed by atoms with van der Waals surface area (Å²) in [6.07, 6.45) is 76.9. The van der Waals surface area contributed by atoms with Crippen LogP contribution in [-0.4, -0.2) is 66.5 Å². The third kappa shape index (κ3) is 58.3. The molecule has 0 fully saturated rings. The summed E-state index contributed by atoms with van der Waals surface area (Å²) < 4.78 is 39.6. The van der Waals surface area contributed by atoms with Gasteiger partial charge in [0.15, 0.2) is 6.10 Å². The van der Waals surface area contributed by atoms with Crippen LogP contribution < -0.4 is 0 Å². The molecule has 0 bridgehead atoms. The van der Waals surface area contributed by atoms with Gasteiger partial charge in [-0.25, -0.2) is 4.57 Å². The molecule has 0 aromatic rings. The van der Waals surface area contributed by atoms with Crippen LogP contribution in [0.1, 0.15) is 239 Å². The molecule has 2 N–H and O–H groups in total. The first-order valence-electron chi connectivity index (χ1n) is 31.1. The van der Waals surface area contributed by atoms with Gasteiger partial charge in [-0.1, -0.05) is 225 Å². The molecule has 11 nitrogen and oxygen atoms in total. The Kier molecular flexibility index (Phi) is 57.4. The Bertz CT molecular complexity index is 1850. The Labute approximate surface area is 487 Å². The first kappa shape index (κ1) is 75.6. The van der Waals surface area contributed by atoms with Gasteiger partial charge in [0, 0.05) is 19.3 Å². The molecule has 0 saturated carbocycles. The van der Waals surface area contributed by atoms with E-state index in [1.165, 1.54) is 38.5 Å². The van der Waals surface area contributed by atoms with E-state index in [2.05, 4.69) is 142 Å². The molecule has 3 atom stereocenters. The van der Waals surface area contributed by atoms with Crippen molar-refractivity contribution in [3.63, 3.8) is 0 Å². The van der Waals surface area contributed by atoms with Gasteiger partial charge in [0.25, 0.3) is 0 Å². The van der Waals surface area contributed by atoms with Gasteiger partial charge in [-0.2, -0.15) is 0 Å². The van der Waals surface area contributed by atoms with Crippen molar-refractivity contribution in [2.45, 2.75) is 251 Å². The van der Waals surface area contributed by atoms with Crippen molar-refractivity contribution in [2.24, 2.45) is 0 Å². The van der Waals surface area contributed by atoms with Crippen LogP contribution >= 0.6 is 7.82 Å². The van der Waals surface area contributed by atoms with Gasteiger partial charge in [-0.15, -0.1) is 0 Å². The van der Waals surface area contributed by atoms with E-state index in [1.54, 1.807) is 0 Å². The fourth-order valence-corrected chi connectivity index (χ4v) is 8.67. The van der Waals surface area contributed by atoms with E-state index >= 15 is 0 Å². The smallest absolute Gasteiger partial charge is 0.462 e. The molecule has 0 aromatic carbocycles. The lowest BCUT2D eigenvalue weighted by molar-refractivity contribution is -0.161. The molecule has 80 heavy (non-hydrogen) atoms. The fourth-order valence-electron chi connectivity index (χ4n) is 7.88. The molecule has 3 unspecified atom stereocenters. The Morgan fingerprint density at radius 2 is 0.662 bits per heavy atom. The molecule has 0 aliphatic rings. The number of rotatable bonds is 56. The second-order valence-corrected chi connectivity index (χ2v) is 21.6. The predicted octanol–water partition coefficient (Wildman–Crippen LogP) is 18.9. The highest BCUT2D eigenvalue weighted by Gasteiger charge is 2.28. The van der Waals surface area contributed by atoms with Gasteiger partial charge in [-0.05, 0) is 128 Å². The van der Waals surface area contributed by atoms with Crippen molar-refractivity contribution in [3.05, 3.63) is 134 Å². The number of aliphatic hydroxyl groups excluding tert-OH is 1. The molecule has 0 aliphatic carbocycles. The van der Waals surface area contributed by atoms with Crippen molar-refractivity contribution < 1.29 is 52.2 Å². The third-order valence-corrected chi connectivity index (χ3v) is 13.5. The van der Waals surface area contributed by atoms with E-state index < -0.39 is 57.8 Å². The molecule has 0 spiro atoms. The van der Waals surface area contributed by atoms with Gasteiger partial charge in [0.2, 0.25) is 0 Å². The number of carbonyl (C=O) groups is 3. The maximum Gasteiger partial charge on any atom is 0.472 e. The van der Waals surface area contributed by atoms with Crippen LogP contribution in [0.2, 0.25) is 0 Å². The molecular formula is C68H111O11P. The van der Waals surface area contributed by atoms with E-state index in [0.717, 1.165) is 135 Å². The van der Waals surface area contributed by atoms with Gasteiger partial charge < -0.3 is 24.2 Å². The van der Waals surface area contributed by atoms with Crippen molar-refractivity contribution in [3.8, 4) is 0 Å². The van der Waals surface area contributed by atoms with Crippen molar-refractivity contribution in [1.82, 2.24) is 0 Å². The Morgan fingerprint density at radius 3 is 1.05 bits per heavy atom. The molecule has 0 heterocycles. The maximum atomic E-state index is 13.0. The first-order valence-corrected chi connectivity index (χ1v) is 32.6. The van der Waals surface area contributed by atoms with E-state index in [9.17, 15) is 28.9 Å². The fraction of sp³-hybridized carbons (Fsp3) is 0.632. The summed E-state index contributed by atoms with van der Waals surface area (Å²) >= 11 is 0.